The summed E-state index contributed by atoms with van der Waals surface area (Å²) in [6.45, 7) is -0.582. The first-order valence-electron chi connectivity index (χ1n) is 4.48. The lowest BCUT2D eigenvalue weighted by molar-refractivity contribution is -0.149. The highest BCUT2D eigenvalue weighted by Crippen LogP contribution is 2.09. The number of carbonyl (C=O) groups is 2. The maximum atomic E-state index is 11.2. The van der Waals surface area contributed by atoms with E-state index in [1.54, 1.807) is 12.1 Å². The molecule has 0 aromatic heterocycles. The molecule has 1 amide bonds. The summed E-state index contributed by atoms with van der Waals surface area (Å²) in [7, 11) is 0. The number of aliphatic carboxylic acids is 1. The number of hydrogen-bond donors (Lipinski definition) is 3. The molecule has 0 unspecified atom stereocenters. The zero-order chi connectivity index (χ0) is 12.0. The fourth-order valence-corrected chi connectivity index (χ4v) is 1.01. The summed E-state index contributed by atoms with van der Waals surface area (Å²) in [5, 5.41) is 17.2. The van der Waals surface area contributed by atoms with Crippen LogP contribution in [0.25, 0.3) is 0 Å². The number of hydrogen-bond acceptors (Lipinski definition) is 4. The minimum absolute atomic E-state index is 0.0555. The molecule has 0 aliphatic carbocycles. The van der Waals surface area contributed by atoms with Crippen molar-refractivity contribution in [1.82, 2.24) is 5.48 Å². The Morgan fingerprint density at radius 3 is 2.44 bits per heavy atom. The van der Waals surface area contributed by atoms with Crippen LogP contribution in [0.2, 0.25) is 0 Å². The van der Waals surface area contributed by atoms with Crippen LogP contribution < -0.4 is 5.48 Å². The molecule has 1 rings (SSSR count). The van der Waals surface area contributed by atoms with Gasteiger partial charge in [-0.05, 0) is 17.7 Å². The molecule has 6 nitrogen and oxygen atoms in total. The van der Waals surface area contributed by atoms with Gasteiger partial charge in [-0.2, -0.15) is 0 Å². The quantitative estimate of drug-likeness (QED) is 0.616. The van der Waals surface area contributed by atoms with Crippen LogP contribution in [0.15, 0.2) is 24.3 Å². The molecule has 0 spiro atoms. The second kappa shape index (κ2) is 5.72. The second-order valence-electron chi connectivity index (χ2n) is 3.05. The van der Waals surface area contributed by atoms with Gasteiger partial charge >= 0.3 is 5.97 Å². The van der Waals surface area contributed by atoms with E-state index in [0.717, 1.165) is 0 Å². The second-order valence-corrected chi connectivity index (χ2v) is 3.05. The first-order valence-corrected chi connectivity index (χ1v) is 4.48. The third-order valence-electron chi connectivity index (χ3n) is 1.68. The molecule has 0 heterocycles. The molecule has 0 bridgehead atoms. The predicted octanol–water partition coefficient (Wildman–Crippen LogP) is 0.0671. The number of carboxylic acid groups (broad SMARTS) is 1. The Bertz CT molecular complexity index is 373. The van der Waals surface area contributed by atoms with Gasteiger partial charge in [-0.25, -0.2) is 10.3 Å². The minimum atomic E-state index is -1.16. The molecule has 0 saturated heterocycles. The molecule has 6 heteroatoms. The van der Waals surface area contributed by atoms with Gasteiger partial charge in [0, 0.05) is 0 Å². The Morgan fingerprint density at radius 2 is 1.88 bits per heavy atom. The van der Waals surface area contributed by atoms with E-state index < -0.39 is 18.5 Å². The summed E-state index contributed by atoms with van der Waals surface area (Å²) in [4.78, 5) is 25.7. The molecular weight excluding hydrogens is 214 g/mol. The van der Waals surface area contributed by atoms with Gasteiger partial charge < -0.3 is 10.2 Å². The van der Waals surface area contributed by atoms with Crippen LogP contribution >= 0.6 is 0 Å². The Kier molecular flexibility index (Phi) is 4.28. The van der Waals surface area contributed by atoms with Gasteiger partial charge in [-0.3, -0.25) is 9.63 Å². The summed E-state index contributed by atoms with van der Waals surface area (Å²) < 4.78 is 0. The number of rotatable bonds is 5. The number of carbonyl (C=O) groups excluding carboxylic acids is 1. The van der Waals surface area contributed by atoms with Crippen LogP contribution in [0.3, 0.4) is 0 Å². The van der Waals surface area contributed by atoms with Crippen LogP contribution in [0.5, 0.6) is 5.75 Å². The maximum Gasteiger partial charge on any atom is 0.332 e. The van der Waals surface area contributed by atoms with Crippen LogP contribution in [-0.2, 0) is 20.8 Å². The molecule has 0 aliphatic rings. The van der Waals surface area contributed by atoms with Gasteiger partial charge in [-0.15, -0.1) is 0 Å². The fraction of sp³-hybridized carbons (Fsp3) is 0.200. The Labute approximate surface area is 91.4 Å². The highest BCUT2D eigenvalue weighted by molar-refractivity contribution is 5.77. The van der Waals surface area contributed by atoms with Crippen molar-refractivity contribution in [1.29, 1.82) is 0 Å². The molecule has 1 aromatic rings. The van der Waals surface area contributed by atoms with E-state index in [4.69, 9.17) is 10.2 Å². The predicted molar refractivity (Wildman–Crippen MR) is 53.5 cm³/mol. The molecule has 3 N–H and O–H groups in total. The van der Waals surface area contributed by atoms with Crippen molar-refractivity contribution >= 4 is 11.9 Å². The first kappa shape index (κ1) is 12.0. The molecule has 0 atom stereocenters. The summed E-state index contributed by atoms with van der Waals surface area (Å²) in [5.74, 6) is -1.50. The normalized spacial score (nSPS) is 9.75. The van der Waals surface area contributed by atoms with Crippen LogP contribution in [-0.4, -0.2) is 28.7 Å². The lowest BCUT2D eigenvalue weighted by atomic mass is 10.1. The third-order valence-corrected chi connectivity index (χ3v) is 1.68. The standard InChI is InChI=1S/C10H11NO5/c12-8-3-1-7(2-4-8)5-9(13)11-16-6-10(14)15/h1-4,12H,5-6H2,(H,11,13)(H,14,15). The number of amides is 1. The highest BCUT2D eigenvalue weighted by Gasteiger charge is 2.04. The molecule has 16 heavy (non-hydrogen) atoms. The van der Waals surface area contributed by atoms with Crippen molar-refractivity contribution in [2.45, 2.75) is 6.42 Å². The average molecular weight is 225 g/mol. The maximum absolute atomic E-state index is 11.2. The summed E-state index contributed by atoms with van der Waals surface area (Å²) in [6, 6.07) is 6.10. The zero-order valence-electron chi connectivity index (χ0n) is 8.34. The number of carboxylic acids is 1. The van der Waals surface area contributed by atoms with E-state index in [2.05, 4.69) is 4.84 Å². The van der Waals surface area contributed by atoms with Gasteiger partial charge in [0.1, 0.15) is 5.75 Å². The van der Waals surface area contributed by atoms with Gasteiger partial charge in [-0.1, -0.05) is 12.1 Å². The number of hydroxylamine groups is 1. The number of aromatic hydroxyl groups is 1. The Hall–Kier alpha value is -2.08. The van der Waals surface area contributed by atoms with E-state index >= 15 is 0 Å². The molecular formula is C10H11NO5. The van der Waals surface area contributed by atoms with Crippen molar-refractivity contribution in [3.8, 4) is 5.75 Å². The zero-order valence-corrected chi connectivity index (χ0v) is 8.34. The van der Waals surface area contributed by atoms with E-state index in [-0.39, 0.29) is 12.2 Å². The number of phenols is 1. The van der Waals surface area contributed by atoms with Gasteiger partial charge in [0.2, 0.25) is 5.91 Å². The smallest absolute Gasteiger partial charge is 0.332 e. The first-order chi connectivity index (χ1) is 7.58. The van der Waals surface area contributed by atoms with Crippen molar-refractivity contribution < 1.29 is 24.6 Å². The highest BCUT2D eigenvalue weighted by atomic mass is 16.7. The number of nitrogens with one attached hydrogen (secondary N) is 1. The largest absolute Gasteiger partial charge is 0.508 e. The number of benzene rings is 1. The van der Waals surface area contributed by atoms with E-state index in [9.17, 15) is 9.59 Å². The van der Waals surface area contributed by atoms with Gasteiger partial charge in [0.25, 0.3) is 0 Å². The lowest BCUT2D eigenvalue weighted by Gasteiger charge is -2.03. The van der Waals surface area contributed by atoms with E-state index in [0.29, 0.717) is 5.56 Å². The molecule has 86 valence electrons. The van der Waals surface area contributed by atoms with Crippen molar-refractivity contribution in [2.75, 3.05) is 6.61 Å². The lowest BCUT2D eigenvalue weighted by Crippen LogP contribution is -2.27. The molecule has 0 saturated carbocycles. The van der Waals surface area contributed by atoms with Crippen LogP contribution in [0.4, 0.5) is 0 Å². The fourth-order valence-electron chi connectivity index (χ4n) is 1.01. The third kappa shape index (κ3) is 4.43. The van der Waals surface area contributed by atoms with Gasteiger partial charge in [0.15, 0.2) is 6.61 Å². The van der Waals surface area contributed by atoms with Crippen LogP contribution in [0.1, 0.15) is 5.56 Å². The molecule has 1 aromatic carbocycles. The summed E-state index contributed by atoms with van der Waals surface area (Å²) in [6.07, 6.45) is 0.0555. The van der Waals surface area contributed by atoms with E-state index in [1.807, 2.05) is 5.48 Å². The van der Waals surface area contributed by atoms with Crippen molar-refractivity contribution in [3.05, 3.63) is 29.8 Å². The summed E-state index contributed by atoms with van der Waals surface area (Å²) >= 11 is 0. The molecule has 0 radical (unpaired) electrons. The SMILES string of the molecule is O=C(O)CONC(=O)Cc1ccc(O)cc1. The average Bonchev–Trinajstić information content (AvgIpc) is 2.21. The monoisotopic (exact) mass is 225 g/mol. The Balaban J connectivity index is 2.34. The summed E-state index contributed by atoms with van der Waals surface area (Å²) in [5.41, 5.74) is 2.68. The van der Waals surface area contributed by atoms with Crippen molar-refractivity contribution in [2.24, 2.45) is 0 Å². The molecule has 0 fully saturated rings. The number of phenolic OH excluding ortho intramolecular Hbond substituents is 1. The van der Waals surface area contributed by atoms with Crippen LogP contribution in [0, 0.1) is 0 Å². The Morgan fingerprint density at radius 1 is 1.25 bits per heavy atom. The van der Waals surface area contributed by atoms with E-state index in [1.165, 1.54) is 12.1 Å². The van der Waals surface area contributed by atoms with Crippen molar-refractivity contribution in [3.63, 3.8) is 0 Å². The topological polar surface area (TPSA) is 95.9 Å². The molecule has 0 aliphatic heterocycles. The minimum Gasteiger partial charge on any atom is -0.508 e. The van der Waals surface area contributed by atoms with Gasteiger partial charge in [0.05, 0.1) is 6.42 Å².